The van der Waals surface area contributed by atoms with Gasteiger partial charge < -0.3 is 15.2 Å². The molecule has 1 heterocycles. The maximum absolute atomic E-state index is 6.05. The highest BCUT2D eigenvalue weighted by Crippen LogP contribution is 2.34. The normalized spacial score (nSPS) is 21.5. The lowest BCUT2D eigenvalue weighted by molar-refractivity contribution is 0.206. The van der Waals surface area contributed by atoms with Crippen LogP contribution in [0, 0.1) is 0 Å². The van der Waals surface area contributed by atoms with Crippen LogP contribution in [0.3, 0.4) is 0 Å². The fourth-order valence-corrected chi connectivity index (χ4v) is 3.74. The first-order valence-corrected chi connectivity index (χ1v) is 8.02. The summed E-state index contributed by atoms with van der Waals surface area (Å²) in [5.41, 5.74) is 7.17. The summed E-state index contributed by atoms with van der Waals surface area (Å²) in [5, 5.41) is 0.648. The summed E-state index contributed by atoms with van der Waals surface area (Å²) in [6.07, 6.45) is 0. The molecule has 0 saturated carbocycles. The number of rotatable bonds is 5. The lowest BCUT2D eigenvalue weighted by Crippen LogP contribution is -2.42. The number of hydrogen-bond donors (Lipinski definition) is 1. The Bertz CT molecular complexity index is 442. The third-order valence-corrected chi connectivity index (χ3v) is 4.87. The average Bonchev–Trinajstić information content (AvgIpc) is 2.48. The molecule has 0 spiro atoms. The zero-order valence-electron chi connectivity index (χ0n) is 12.5. The summed E-state index contributed by atoms with van der Waals surface area (Å²) in [4.78, 5) is 2.46. The minimum Gasteiger partial charge on any atom is -0.497 e. The number of ether oxygens (including phenoxy) is 2. The van der Waals surface area contributed by atoms with Crippen molar-refractivity contribution < 1.29 is 9.47 Å². The van der Waals surface area contributed by atoms with Gasteiger partial charge in [0.05, 0.1) is 20.3 Å². The van der Waals surface area contributed by atoms with E-state index in [1.165, 1.54) is 0 Å². The fourth-order valence-electron chi connectivity index (χ4n) is 2.70. The van der Waals surface area contributed by atoms with Crippen LogP contribution in [0.4, 0.5) is 0 Å². The molecule has 1 aromatic carbocycles. The van der Waals surface area contributed by atoms with Gasteiger partial charge in [-0.1, -0.05) is 6.92 Å². The molecule has 0 aromatic heterocycles. The second kappa shape index (κ2) is 7.20. The summed E-state index contributed by atoms with van der Waals surface area (Å²) in [5.74, 6) is 2.88. The first-order valence-electron chi connectivity index (χ1n) is 6.97. The van der Waals surface area contributed by atoms with Gasteiger partial charge >= 0.3 is 0 Å². The Morgan fingerprint density at radius 1 is 1.40 bits per heavy atom. The monoisotopic (exact) mass is 296 g/mol. The van der Waals surface area contributed by atoms with E-state index in [1.54, 1.807) is 14.2 Å². The van der Waals surface area contributed by atoms with E-state index in [0.717, 1.165) is 35.9 Å². The molecule has 0 amide bonds. The zero-order valence-corrected chi connectivity index (χ0v) is 13.3. The molecule has 2 N–H and O–H groups in total. The Labute approximate surface area is 125 Å². The minimum absolute atomic E-state index is 0.184. The second-order valence-corrected chi connectivity index (χ2v) is 6.58. The van der Waals surface area contributed by atoms with Crippen molar-refractivity contribution in [2.75, 3.05) is 39.6 Å². The SMILES string of the molecule is COc1ccc(OC)c(C(CN)N2CCSC(C)C2)c1. The summed E-state index contributed by atoms with van der Waals surface area (Å²) < 4.78 is 10.8. The van der Waals surface area contributed by atoms with E-state index in [2.05, 4.69) is 11.8 Å². The highest BCUT2D eigenvalue weighted by Gasteiger charge is 2.26. The van der Waals surface area contributed by atoms with Gasteiger partial charge in [-0.2, -0.15) is 11.8 Å². The van der Waals surface area contributed by atoms with Gasteiger partial charge in [0.1, 0.15) is 11.5 Å². The smallest absolute Gasteiger partial charge is 0.123 e. The molecule has 4 nitrogen and oxygen atoms in total. The third kappa shape index (κ3) is 3.40. The van der Waals surface area contributed by atoms with E-state index in [4.69, 9.17) is 15.2 Å². The van der Waals surface area contributed by atoms with Gasteiger partial charge in [0, 0.05) is 36.2 Å². The summed E-state index contributed by atoms with van der Waals surface area (Å²) in [6.45, 7) is 4.98. The molecular formula is C15H24N2O2S. The van der Waals surface area contributed by atoms with E-state index >= 15 is 0 Å². The van der Waals surface area contributed by atoms with Crippen LogP contribution in [0.5, 0.6) is 11.5 Å². The van der Waals surface area contributed by atoms with Crippen LogP contribution in [0.2, 0.25) is 0 Å². The molecule has 1 aliphatic heterocycles. The Morgan fingerprint density at radius 3 is 2.80 bits per heavy atom. The van der Waals surface area contributed by atoms with Crippen LogP contribution in [-0.4, -0.2) is 49.8 Å². The lowest BCUT2D eigenvalue weighted by Gasteiger charge is -2.37. The fraction of sp³-hybridized carbons (Fsp3) is 0.600. The van der Waals surface area contributed by atoms with E-state index < -0.39 is 0 Å². The summed E-state index contributed by atoms with van der Waals surface area (Å²) >= 11 is 2.02. The Balaban J connectivity index is 2.29. The zero-order chi connectivity index (χ0) is 14.5. The molecule has 0 radical (unpaired) electrons. The first kappa shape index (κ1) is 15.5. The highest BCUT2D eigenvalue weighted by atomic mass is 32.2. The molecule has 2 unspecified atom stereocenters. The Hall–Kier alpha value is -0.910. The number of methoxy groups -OCH3 is 2. The number of nitrogens with two attached hydrogens (primary N) is 1. The van der Waals surface area contributed by atoms with Crippen molar-refractivity contribution >= 4 is 11.8 Å². The molecule has 2 rings (SSSR count). The number of nitrogens with zero attached hydrogens (tertiary/aromatic N) is 1. The first-order chi connectivity index (χ1) is 9.69. The number of hydrogen-bond acceptors (Lipinski definition) is 5. The minimum atomic E-state index is 0.184. The van der Waals surface area contributed by atoms with Gasteiger partial charge in [0.2, 0.25) is 0 Å². The number of benzene rings is 1. The van der Waals surface area contributed by atoms with Gasteiger partial charge in [-0.3, -0.25) is 4.90 Å². The van der Waals surface area contributed by atoms with Gasteiger partial charge in [0.15, 0.2) is 0 Å². The molecule has 1 aliphatic rings. The van der Waals surface area contributed by atoms with E-state index in [9.17, 15) is 0 Å². The Kier molecular flexibility index (Phi) is 5.57. The van der Waals surface area contributed by atoms with Crippen molar-refractivity contribution in [2.24, 2.45) is 5.73 Å². The van der Waals surface area contributed by atoms with Crippen LogP contribution >= 0.6 is 11.8 Å². The van der Waals surface area contributed by atoms with Crippen LogP contribution < -0.4 is 15.2 Å². The van der Waals surface area contributed by atoms with Crippen molar-refractivity contribution in [3.8, 4) is 11.5 Å². The van der Waals surface area contributed by atoms with Gasteiger partial charge in [-0.25, -0.2) is 0 Å². The second-order valence-electron chi connectivity index (χ2n) is 5.04. The quantitative estimate of drug-likeness (QED) is 0.902. The number of thioether (sulfide) groups is 1. The van der Waals surface area contributed by atoms with Crippen molar-refractivity contribution in [3.05, 3.63) is 23.8 Å². The molecule has 0 bridgehead atoms. The maximum Gasteiger partial charge on any atom is 0.123 e. The van der Waals surface area contributed by atoms with Crippen LogP contribution in [-0.2, 0) is 0 Å². The largest absolute Gasteiger partial charge is 0.497 e. The van der Waals surface area contributed by atoms with Crippen molar-refractivity contribution in [3.63, 3.8) is 0 Å². The van der Waals surface area contributed by atoms with Crippen LogP contribution in [0.25, 0.3) is 0 Å². The van der Waals surface area contributed by atoms with E-state index in [-0.39, 0.29) is 6.04 Å². The summed E-state index contributed by atoms with van der Waals surface area (Å²) in [7, 11) is 3.39. The van der Waals surface area contributed by atoms with Crippen molar-refractivity contribution in [1.29, 1.82) is 0 Å². The highest BCUT2D eigenvalue weighted by molar-refractivity contribution is 7.99. The molecular weight excluding hydrogens is 272 g/mol. The topological polar surface area (TPSA) is 47.7 Å². The Morgan fingerprint density at radius 2 is 2.20 bits per heavy atom. The average molecular weight is 296 g/mol. The molecule has 1 aromatic rings. The molecule has 2 atom stereocenters. The molecule has 1 fully saturated rings. The van der Waals surface area contributed by atoms with Crippen LogP contribution in [0.1, 0.15) is 18.5 Å². The molecule has 112 valence electrons. The summed E-state index contributed by atoms with van der Waals surface area (Å²) in [6, 6.07) is 6.11. The van der Waals surface area contributed by atoms with Crippen molar-refractivity contribution in [1.82, 2.24) is 4.90 Å². The third-order valence-electron chi connectivity index (χ3n) is 3.73. The molecule has 5 heteroatoms. The van der Waals surface area contributed by atoms with E-state index in [0.29, 0.717) is 11.8 Å². The van der Waals surface area contributed by atoms with Crippen molar-refractivity contribution in [2.45, 2.75) is 18.2 Å². The van der Waals surface area contributed by atoms with Gasteiger partial charge in [0.25, 0.3) is 0 Å². The van der Waals surface area contributed by atoms with E-state index in [1.807, 2.05) is 30.0 Å². The predicted molar refractivity (Wildman–Crippen MR) is 84.8 cm³/mol. The van der Waals surface area contributed by atoms with Gasteiger partial charge in [-0.05, 0) is 18.2 Å². The standard InChI is InChI=1S/C15H24N2O2S/c1-11-10-17(6-7-20-11)14(9-16)13-8-12(18-2)4-5-15(13)19-3/h4-5,8,11,14H,6-7,9-10,16H2,1-3H3. The lowest BCUT2D eigenvalue weighted by atomic mass is 10.0. The maximum atomic E-state index is 6.05. The molecule has 20 heavy (non-hydrogen) atoms. The molecule has 0 aliphatic carbocycles. The van der Waals surface area contributed by atoms with Crippen LogP contribution in [0.15, 0.2) is 18.2 Å². The predicted octanol–water partition coefficient (Wildman–Crippen LogP) is 2.14. The molecule has 1 saturated heterocycles. The van der Waals surface area contributed by atoms with Gasteiger partial charge in [-0.15, -0.1) is 0 Å².